The molecule has 0 aromatic carbocycles. The van der Waals surface area contributed by atoms with Crippen molar-refractivity contribution in [3.8, 4) is 0 Å². The van der Waals surface area contributed by atoms with Crippen molar-refractivity contribution in [2.75, 3.05) is 0 Å². The molecule has 98 valence electrons. The van der Waals surface area contributed by atoms with Gasteiger partial charge in [-0.15, -0.1) is 13.3 Å². The molecule has 4 nitrogen and oxygen atoms in total. The summed E-state index contributed by atoms with van der Waals surface area (Å²) < 4.78 is 84.3. The lowest BCUT2D eigenvalue weighted by molar-refractivity contribution is -0.727. The van der Waals surface area contributed by atoms with E-state index in [9.17, 15) is 22.0 Å². The van der Waals surface area contributed by atoms with Gasteiger partial charge in [0.15, 0.2) is 10.1 Å². The zero-order valence-corrected chi connectivity index (χ0v) is 9.02. The normalized spacial score (nSPS) is 11.7. The quantitative estimate of drug-likeness (QED) is 0.232. The van der Waals surface area contributed by atoms with Gasteiger partial charge in [-0.2, -0.15) is 13.2 Å². The molecule has 0 unspecified atom stereocenters. The first-order valence-corrected chi connectivity index (χ1v) is 5.20. The van der Waals surface area contributed by atoms with E-state index in [1.807, 2.05) is 0 Å². The van der Waals surface area contributed by atoms with E-state index in [0.29, 0.717) is 0 Å². The predicted molar refractivity (Wildman–Crippen MR) is 43.3 cm³/mol. The van der Waals surface area contributed by atoms with Crippen LogP contribution in [0.25, 0.3) is 0 Å². The highest BCUT2D eigenvalue weighted by Crippen LogP contribution is 2.20. The molecule has 0 bridgehead atoms. The number of halogens is 5. The van der Waals surface area contributed by atoms with Gasteiger partial charge in [0.25, 0.3) is 0 Å². The van der Waals surface area contributed by atoms with Crippen LogP contribution in [0.15, 0.2) is 18.2 Å². The van der Waals surface area contributed by atoms with Crippen molar-refractivity contribution in [3.05, 3.63) is 30.1 Å². The van der Waals surface area contributed by atoms with Crippen molar-refractivity contribution in [1.82, 2.24) is 0 Å². The summed E-state index contributed by atoms with van der Waals surface area (Å²) in [6.45, 7) is 0. The molecule has 0 saturated heterocycles. The summed E-state index contributed by atoms with van der Waals surface area (Å²) >= 11 is 0. The van der Waals surface area contributed by atoms with E-state index in [-0.39, 0.29) is 0 Å². The smallest absolute Gasteiger partial charge is 0.485 e. The van der Waals surface area contributed by atoms with Crippen LogP contribution < -0.4 is 4.57 Å². The van der Waals surface area contributed by atoms with Gasteiger partial charge in [-0.05, 0) is 6.07 Å². The molecule has 0 aliphatic carbocycles. The van der Waals surface area contributed by atoms with Gasteiger partial charge in [0.1, 0.15) is 7.05 Å². The number of rotatable bonds is 0. The van der Waals surface area contributed by atoms with E-state index >= 15 is 0 Å². The van der Waals surface area contributed by atoms with Crippen LogP contribution in [0.2, 0.25) is 0 Å². The molecular weight excluding hydrogens is 273 g/mol. The summed E-state index contributed by atoms with van der Waals surface area (Å²) in [5.41, 5.74) is -5.65. The highest BCUT2D eigenvalue weighted by atomic mass is 32.2. The monoisotopic (exact) mass is 279 g/mol. The van der Waals surface area contributed by atoms with E-state index in [1.165, 1.54) is 25.2 Å². The summed E-state index contributed by atoms with van der Waals surface area (Å²) in [7, 11) is -4.77. The Hall–Kier alpha value is -1.29. The van der Waals surface area contributed by atoms with Gasteiger partial charge in [0, 0.05) is 12.1 Å². The number of aromatic nitrogens is 1. The Bertz CT molecular complexity index is 465. The molecule has 0 amide bonds. The molecule has 0 aliphatic rings. The van der Waals surface area contributed by atoms with Gasteiger partial charge < -0.3 is 4.55 Å². The maximum absolute atomic E-state index is 12.3. The van der Waals surface area contributed by atoms with Gasteiger partial charge in [-0.3, -0.25) is 0 Å². The van der Waals surface area contributed by atoms with Crippen LogP contribution in [-0.2, 0) is 17.2 Å². The van der Waals surface area contributed by atoms with E-state index in [4.69, 9.17) is 13.0 Å². The number of hydrogen-bond donors (Lipinski definition) is 0. The first-order valence-electron chi connectivity index (χ1n) is 3.79. The Morgan fingerprint density at radius 3 is 1.65 bits per heavy atom. The van der Waals surface area contributed by atoms with Crippen LogP contribution in [0.4, 0.5) is 22.0 Å². The molecule has 1 aromatic heterocycles. The molecule has 0 N–H and O–H groups in total. The lowest BCUT2D eigenvalue weighted by Crippen LogP contribution is -2.37. The van der Waals surface area contributed by atoms with Crippen molar-refractivity contribution >= 4 is 10.1 Å². The Balaban J connectivity index is 0.000000304. The second-order valence-electron chi connectivity index (χ2n) is 2.63. The fourth-order valence-corrected chi connectivity index (χ4v) is 0.533. The van der Waals surface area contributed by atoms with Crippen LogP contribution in [0.3, 0.4) is 0 Å². The predicted octanol–water partition coefficient (Wildman–Crippen LogP) is 0.841. The molecule has 0 fully saturated rings. The average molecular weight is 279 g/mol. The minimum Gasteiger partial charge on any atom is -0.741 e. The van der Waals surface area contributed by atoms with E-state index in [1.54, 1.807) is 0 Å². The molecule has 0 atom stereocenters. The minimum absolute atomic E-state index is 0.574. The Morgan fingerprint density at radius 2 is 1.47 bits per heavy atom. The third-order valence-electron chi connectivity index (χ3n) is 1.39. The number of nitrogens with zero attached hydrogens (tertiary/aromatic N) is 1. The number of pyridine rings is 1. The van der Waals surface area contributed by atoms with Crippen LogP contribution in [0.1, 0.15) is 0 Å². The fraction of sp³-hybridized carbons (Fsp3) is 0.286. The molecule has 1 rings (SSSR count). The van der Waals surface area contributed by atoms with Crippen LogP contribution >= 0.6 is 0 Å². The second kappa shape index (κ2) is 5.36. The maximum Gasteiger partial charge on any atom is 0.485 e. The number of alkyl halides is 3. The summed E-state index contributed by atoms with van der Waals surface area (Å²) in [6.07, 6.45) is 0. The van der Waals surface area contributed by atoms with Gasteiger partial charge in [0.2, 0.25) is 0 Å². The highest BCUT2D eigenvalue weighted by molar-refractivity contribution is 7.86. The molecule has 10 heteroatoms. The first kappa shape index (κ1) is 15.7. The average Bonchev–Trinajstić information content (AvgIpc) is 2.12. The van der Waals surface area contributed by atoms with E-state index < -0.39 is 27.5 Å². The van der Waals surface area contributed by atoms with Gasteiger partial charge in [-0.25, -0.2) is 8.42 Å². The Morgan fingerprint density at radius 1 is 1.18 bits per heavy atom. The minimum atomic E-state index is -6.09. The van der Waals surface area contributed by atoms with Gasteiger partial charge in [-0.1, -0.05) is 0 Å². The van der Waals surface area contributed by atoms with Crippen molar-refractivity contribution in [3.63, 3.8) is 0 Å². The van der Waals surface area contributed by atoms with Crippen molar-refractivity contribution in [2.45, 2.75) is 5.51 Å². The molecule has 0 saturated carbocycles. The van der Waals surface area contributed by atoms with Crippen molar-refractivity contribution in [1.29, 1.82) is 0 Å². The van der Waals surface area contributed by atoms with Gasteiger partial charge in [0.05, 0.1) is 0 Å². The standard InChI is InChI=1S/C6H6F2N.CHF3O3S/c1-9-5(7)3-2-4-6(9)8;2-1(3,4)8(5,6)7/h2-4H,1H3;(H,5,6,7)/q+1;/p-1. The third-order valence-corrected chi connectivity index (χ3v) is 1.96. The lowest BCUT2D eigenvalue weighted by Gasteiger charge is -2.08. The van der Waals surface area contributed by atoms with Crippen LogP contribution in [0.5, 0.6) is 0 Å². The fourth-order valence-electron chi connectivity index (χ4n) is 0.533. The first-order chi connectivity index (χ1) is 7.47. The Kier molecular flexibility index (Phi) is 4.95. The molecule has 0 spiro atoms. The summed E-state index contributed by atoms with van der Waals surface area (Å²) in [6, 6.07) is 3.72. The summed E-state index contributed by atoms with van der Waals surface area (Å²) in [5, 5.41) is 0. The Labute approximate surface area is 93.1 Å². The van der Waals surface area contributed by atoms with Crippen molar-refractivity contribution < 1.29 is 39.5 Å². The molecule has 0 radical (unpaired) electrons. The summed E-state index contributed by atoms with van der Waals surface area (Å²) in [4.78, 5) is 0. The SMILES string of the molecule is C[n+]1c(F)cccc1F.O=S(=O)([O-])C(F)(F)F. The summed E-state index contributed by atoms with van der Waals surface area (Å²) in [5.74, 6) is -1.15. The molecule has 0 aliphatic heterocycles. The van der Waals surface area contributed by atoms with E-state index in [0.717, 1.165) is 4.57 Å². The zero-order valence-electron chi connectivity index (χ0n) is 8.20. The van der Waals surface area contributed by atoms with Crippen LogP contribution in [-0.4, -0.2) is 18.5 Å². The topological polar surface area (TPSA) is 61.1 Å². The molecule has 17 heavy (non-hydrogen) atoms. The van der Waals surface area contributed by atoms with Crippen LogP contribution in [0, 0.1) is 11.9 Å². The molecule has 1 aromatic rings. The number of hydrogen-bond acceptors (Lipinski definition) is 3. The lowest BCUT2D eigenvalue weighted by atomic mass is 10.5. The van der Waals surface area contributed by atoms with Crippen molar-refractivity contribution in [2.24, 2.45) is 7.05 Å². The maximum atomic E-state index is 12.3. The highest BCUT2D eigenvalue weighted by Gasteiger charge is 2.36. The largest absolute Gasteiger partial charge is 0.741 e. The third kappa shape index (κ3) is 5.04. The molecule has 1 heterocycles. The van der Waals surface area contributed by atoms with Gasteiger partial charge >= 0.3 is 17.4 Å². The van der Waals surface area contributed by atoms with E-state index in [2.05, 4.69) is 0 Å². The zero-order chi connectivity index (χ0) is 13.9. The molecular formula is C7H6F5NO3S. The second-order valence-corrected chi connectivity index (χ2v) is 4.00.